The van der Waals surface area contributed by atoms with Crippen molar-refractivity contribution in [2.45, 2.75) is 90.8 Å². The molecule has 3 unspecified atom stereocenters. The van der Waals surface area contributed by atoms with Crippen LogP contribution in [0.3, 0.4) is 0 Å². The van der Waals surface area contributed by atoms with Crippen molar-refractivity contribution in [3.63, 3.8) is 0 Å². The molecule has 2 heteroatoms. The minimum Gasteiger partial charge on any atom is -0.298 e. The number of hydrogen-bond donors (Lipinski definition) is 0. The molecule has 0 bridgehead atoms. The third-order valence-electron chi connectivity index (χ3n) is 5.52. The Labute approximate surface area is 126 Å². The number of nitrogens with zero attached hydrogens (tertiary/aromatic N) is 2. The molecule has 0 aromatic rings. The fraction of sp³-hybridized carbons (Fsp3) is 1.00. The van der Waals surface area contributed by atoms with E-state index in [0.29, 0.717) is 0 Å². The van der Waals surface area contributed by atoms with Gasteiger partial charge in [-0.2, -0.15) is 0 Å². The highest BCUT2D eigenvalue weighted by atomic mass is 15.3. The van der Waals surface area contributed by atoms with E-state index in [4.69, 9.17) is 0 Å². The van der Waals surface area contributed by atoms with Crippen LogP contribution in [0.4, 0.5) is 0 Å². The molecule has 0 radical (unpaired) electrons. The summed E-state index contributed by atoms with van der Waals surface area (Å²) in [5.74, 6) is 0.789. The molecule has 0 saturated carbocycles. The van der Waals surface area contributed by atoms with Gasteiger partial charge >= 0.3 is 0 Å². The van der Waals surface area contributed by atoms with E-state index in [1.165, 1.54) is 64.6 Å². The first kappa shape index (κ1) is 16.3. The van der Waals surface area contributed by atoms with Gasteiger partial charge in [-0.05, 0) is 38.1 Å². The van der Waals surface area contributed by atoms with Crippen LogP contribution in [0.1, 0.15) is 72.6 Å². The summed E-state index contributed by atoms with van der Waals surface area (Å²) in [6.45, 7) is 13.6. The first-order chi connectivity index (χ1) is 9.67. The van der Waals surface area contributed by atoms with Crippen LogP contribution < -0.4 is 0 Å². The molecule has 0 aromatic heterocycles. The zero-order valence-corrected chi connectivity index (χ0v) is 14.3. The maximum absolute atomic E-state index is 2.93. The number of fused-ring (bicyclic) bond motifs is 1. The van der Waals surface area contributed by atoms with Gasteiger partial charge in [-0.3, -0.25) is 9.80 Å². The summed E-state index contributed by atoms with van der Waals surface area (Å²) >= 11 is 0. The molecule has 0 aliphatic carbocycles. The van der Waals surface area contributed by atoms with E-state index < -0.39 is 0 Å². The van der Waals surface area contributed by atoms with Crippen molar-refractivity contribution in [3.8, 4) is 0 Å². The minimum absolute atomic E-state index is 0.789. The van der Waals surface area contributed by atoms with Gasteiger partial charge in [-0.15, -0.1) is 0 Å². The predicted octanol–water partition coefficient (Wildman–Crippen LogP) is 4.15. The number of unbranched alkanes of at least 4 members (excludes halogenated alkanes) is 1. The molecule has 20 heavy (non-hydrogen) atoms. The van der Waals surface area contributed by atoms with E-state index in [2.05, 4.69) is 37.5 Å². The molecular formula is C18H36N2. The smallest absolute Gasteiger partial charge is 0.0249 e. The molecule has 2 aliphatic rings. The van der Waals surface area contributed by atoms with Crippen molar-refractivity contribution in [1.29, 1.82) is 0 Å². The molecule has 0 spiro atoms. The zero-order chi connectivity index (χ0) is 14.5. The molecule has 2 aliphatic heterocycles. The predicted molar refractivity (Wildman–Crippen MR) is 88.1 cm³/mol. The average Bonchev–Trinajstić information content (AvgIpc) is 2.89. The first-order valence-electron chi connectivity index (χ1n) is 9.17. The molecule has 2 nitrogen and oxygen atoms in total. The standard InChI is InChI=1S/C18H36N2/c1-5-7-10-16(9-6-2)20-13-17-11-8-12-19(17)14-18(20)15(3)4/h15-18H,5-14H2,1-4H3. The Morgan fingerprint density at radius 1 is 1.05 bits per heavy atom. The van der Waals surface area contributed by atoms with E-state index in [-0.39, 0.29) is 0 Å². The van der Waals surface area contributed by atoms with Crippen LogP contribution in [0.25, 0.3) is 0 Å². The van der Waals surface area contributed by atoms with Crippen molar-refractivity contribution < 1.29 is 0 Å². The van der Waals surface area contributed by atoms with E-state index in [9.17, 15) is 0 Å². The molecule has 3 atom stereocenters. The Morgan fingerprint density at radius 2 is 1.85 bits per heavy atom. The van der Waals surface area contributed by atoms with E-state index in [0.717, 1.165) is 24.0 Å². The molecular weight excluding hydrogens is 244 g/mol. The fourth-order valence-electron chi connectivity index (χ4n) is 4.33. The van der Waals surface area contributed by atoms with Crippen LogP contribution in [-0.2, 0) is 0 Å². The lowest BCUT2D eigenvalue weighted by Gasteiger charge is -2.49. The van der Waals surface area contributed by atoms with E-state index in [1.807, 2.05) is 0 Å². The van der Waals surface area contributed by atoms with Gasteiger partial charge in [0.25, 0.3) is 0 Å². The normalized spacial score (nSPS) is 29.9. The summed E-state index contributed by atoms with van der Waals surface area (Å²) in [5.41, 5.74) is 0. The van der Waals surface area contributed by atoms with Crippen molar-refractivity contribution >= 4 is 0 Å². The van der Waals surface area contributed by atoms with Gasteiger partial charge in [-0.1, -0.05) is 47.0 Å². The molecule has 0 amide bonds. The molecule has 0 N–H and O–H groups in total. The van der Waals surface area contributed by atoms with Crippen molar-refractivity contribution in [2.75, 3.05) is 19.6 Å². The largest absolute Gasteiger partial charge is 0.298 e. The van der Waals surface area contributed by atoms with Gasteiger partial charge in [-0.25, -0.2) is 0 Å². The average molecular weight is 280 g/mol. The number of piperazine rings is 1. The zero-order valence-electron chi connectivity index (χ0n) is 14.3. The molecule has 2 fully saturated rings. The molecule has 2 saturated heterocycles. The van der Waals surface area contributed by atoms with Crippen LogP contribution in [0.2, 0.25) is 0 Å². The first-order valence-corrected chi connectivity index (χ1v) is 9.17. The SMILES string of the molecule is CCCCC(CCC)N1CC2CCCN2CC1C(C)C. The van der Waals surface area contributed by atoms with Gasteiger partial charge in [0, 0.05) is 31.2 Å². The lowest BCUT2D eigenvalue weighted by molar-refractivity contribution is -0.00541. The Kier molecular flexibility index (Phi) is 6.35. The highest BCUT2D eigenvalue weighted by Crippen LogP contribution is 2.31. The monoisotopic (exact) mass is 280 g/mol. The van der Waals surface area contributed by atoms with Crippen LogP contribution in [0, 0.1) is 5.92 Å². The van der Waals surface area contributed by atoms with Gasteiger partial charge in [0.2, 0.25) is 0 Å². The molecule has 0 aromatic carbocycles. The van der Waals surface area contributed by atoms with E-state index >= 15 is 0 Å². The third-order valence-corrected chi connectivity index (χ3v) is 5.52. The van der Waals surface area contributed by atoms with Crippen LogP contribution in [0.5, 0.6) is 0 Å². The van der Waals surface area contributed by atoms with Crippen molar-refractivity contribution in [2.24, 2.45) is 5.92 Å². The summed E-state index contributed by atoms with van der Waals surface area (Å²) in [5, 5.41) is 0. The summed E-state index contributed by atoms with van der Waals surface area (Å²) in [4.78, 5) is 5.71. The van der Waals surface area contributed by atoms with Crippen molar-refractivity contribution in [1.82, 2.24) is 9.80 Å². The Morgan fingerprint density at radius 3 is 2.50 bits per heavy atom. The number of hydrogen-bond acceptors (Lipinski definition) is 2. The second-order valence-electron chi connectivity index (χ2n) is 7.38. The van der Waals surface area contributed by atoms with Gasteiger partial charge < -0.3 is 0 Å². The summed E-state index contributed by atoms with van der Waals surface area (Å²) in [6.07, 6.45) is 9.77. The lowest BCUT2D eigenvalue weighted by atomic mass is 9.92. The Bertz CT molecular complexity index is 277. The third kappa shape index (κ3) is 3.76. The Balaban J connectivity index is 2.06. The van der Waals surface area contributed by atoms with E-state index in [1.54, 1.807) is 0 Å². The maximum atomic E-state index is 2.93. The van der Waals surface area contributed by atoms with Crippen LogP contribution >= 0.6 is 0 Å². The minimum atomic E-state index is 0.789. The summed E-state index contributed by atoms with van der Waals surface area (Å²) in [7, 11) is 0. The second kappa shape index (κ2) is 7.79. The summed E-state index contributed by atoms with van der Waals surface area (Å²) < 4.78 is 0. The van der Waals surface area contributed by atoms with Gasteiger partial charge in [0.05, 0.1) is 0 Å². The quantitative estimate of drug-likeness (QED) is 0.691. The topological polar surface area (TPSA) is 6.48 Å². The molecule has 2 rings (SSSR count). The molecule has 2 heterocycles. The highest BCUT2D eigenvalue weighted by molar-refractivity contribution is 4.95. The highest BCUT2D eigenvalue weighted by Gasteiger charge is 2.39. The second-order valence-corrected chi connectivity index (χ2v) is 7.38. The van der Waals surface area contributed by atoms with Crippen molar-refractivity contribution in [3.05, 3.63) is 0 Å². The number of rotatable bonds is 7. The van der Waals surface area contributed by atoms with Crippen LogP contribution in [0.15, 0.2) is 0 Å². The van der Waals surface area contributed by atoms with Gasteiger partial charge in [0.15, 0.2) is 0 Å². The summed E-state index contributed by atoms with van der Waals surface area (Å²) in [6, 6.07) is 2.50. The fourth-order valence-corrected chi connectivity index (χ4v) is 4.33. The van der Waals surface area contributed by atoms with Crippen LogP contribution in [-0.4, -0.2) is 47.6 Å². The van der Waals surface area contributed by atoms with Gasteiger partial charge in [0.1, 0.15) is 0 Å². The Hall–Kier alpha value is -0.0800. The molecule has 118 valence electrons. The lowest BCUT2D eigenvalue weighted by Crippen LogP contribution is -2.60. The maximum Gasteiger partial charge on any atom is 0.0249 e.